The van der Waals surface area contributed by atoms with Gasteiger partial charge >= 0.3 is 0 Å². The van der Waals surface area contributed by atoms with Crippen LogP contribution in [0.5, 0.6) is 5.75 Å². The third-order valence-corrected chi connectivity index (χ3v) is 4.72. The zero-order chi connectivity index (χ0) is 18.6. The Labute approximate surface area is 159 Å². The number of rotatable bonds is 6. The van der Waals surface area contributed by atoms with E-state index in [0.717, 1.165) is 28.3 Å². The molecular weight excluding hydrogens is 334 g/mol. The molecule has 2 aromatic carbocycles. The molecular formula is C23H23N3O. The average Bonchev–Trinajstić information content (AvgIpc) is 3.03. The molecule has 0 radical (unpaired) electrons. The van der Waals surface area contributed by atoms with E-state index in [0.29, 0.717) is 6.61 Å². The first-order chi connectivity index (χ1) is 13.3. The molecule has 27 heavy (non-hydrogen) atoms. The van der Waals surface area contributed by atoms with Gasteiger partial charge in [0, 0.05) is 33.9 Å². The molecule has 4 nitrogen and oxygen atoms in total. The van der Waals surface area contributed by atoms with Gasteiger partial charge in [0.1, 0.15) is 11.6 Å². The summed E-state index contributed by atoms with van der Waals surface area (Å²) >= 11 is 0. The number of nitrogens with zero attached hydrogens (tertiary/aromatic N) is 1. The predicted octanol–water partition coefficient (Wildman–Crippen LogP) is 5.47. The maximum absolute atomic E-state index is 5.94. The van der Waals surface area contributed by atoms with Crippen LogP contribution in [0.4, 0.5) is 5.82 Å². The van der Waals surface area contributed by atoms with E-state index in [1.165, 1.54) is 10.9 Å². The first-order valence-corrected chi connectivity index (χ1v) is 9.24. The number of anilines is 1. The third-order valence-electron chi connectivity index (χ3n) is 4.72. The van der Waals surface area contributed by atoms with Crippen LogP contribution in [0, 0.1) is 6.92 Å². The van der Waals surface area contributed by atoms with Gasteiger partial charge in [0.25, 0.3) is 0 Å². The van der Waals surface area contributed by atoms with E-state index in [9.17, 15) is 0 Å². The summed E-state index contributed by atoms with van der Waals surface area (Å²) in [5, 5.41) is 4.82. The van der Waals surface area contributed by atoms with Crippen molar-refractivity contribution >= 4 is 16.7 Å². The molecule has 2 aromatic heterocycles. The number of ether oxygens (including phenoxy) is 1. The molecule has 136 valence electrons. The van der Waals surface area contributed by atoms with Crippen LogP contribution < -0.4 is 10.1 Å². The summed E-state index contributed by atoms with van der Waals surface area (Å²) in [4.78, 5) is 7.99. The largest absolute Gasteiger partial charge is 0.494 e. The van der Waals surface area contributed by atoms with Crippen LogP contribution in [0.15, 0.2) is 72.9 Å². The Kier molecular flexibility index (Phi) is 4.79. The second-order valence-electron chi connectivity index (χ2n) is 6.47. The predicted molar refractivity (Wildman–Crippen MR) is 110 cm³/mol. The highest BCUT2D eigenvalue weighted by atomic mass is 16.5. The fraction of sp³-hybridized carbons (Fsp3) is 0.174. The summed E-state index contributed by atoms with van der Waals surface area (Å²) in [7, 11) is 0. The number of pyridine rings is 1. The summed E-state index contributed by atoms with van der Waals surface area (Å²) in [6.07, 6.45) is 1.80. The highest BCUT2D eigenvalue weighted by molar-refractivity contribution is 5.86. The van der Waals surface area contributed by atoms with Gasteiger partial charge in [-0.25, -0.2) is 4.98 Å². The zero-order valence-electron chi connectivity index (χ0n) is 15.6. The van der Waals surface area contributed by atoms with Crippen molar-refractivity contribution in [2.45, 2.75) is 19.9 Å². The topological polar surface area (TPSA) is 49.9 Å². The minimum absolute atomic E-state index is 0.0844. The average molecular weight is 357 g/mol. The van der Waals surface area contributed by atoms with Gasteiger partial charge in [-0.15, -0.1) is 0 Å². The van der Waals surface area contributed by atoms with E-state index >= 15 is 0 Å². The lowest BCUT2D eigenvalue weighted by Crippen LogP contribution is -2.15. The minimum atomic E-state index is -0.0844. The van der Waals surface area contributed by atoms with Gasteiger partial charge in [-0.05, 0) is 38.1 Å². The highest BCUT2D eigenvalue weighted by Gasteiger charge is 2.24. The molecule has 0 aliphatic carbocycles. The van der Waals surface area contributed by atoms with Crippen LogP contribution in [0.2, 0.25) is 0 Å². The number of fused-ring (bicyclic) bond motifs is 1. The van der Waals surface area contributed by atoms with E-state index in [1.54, 1.807) is 6.20 Å². The standard InChI is InChI=1S/C23H23N3O/c1-3-27-20-13-7-5-11-18(20)23(26-21-14-8-9-15-24-21)22-16(2)25-19-12-6-4-10-17(19)22/h4-15,23,25H,3H2,1-2H3,(H,24,26). The van der Waals surface area contributed by atoms with Crippen molar-refractivity contribution in [3.8, 4) is 5.75 Å². The molecule has 0 fully saturated rings. The lowest BCUT2D eigenvalue weighted by Gasteiger charge is -2.23. The van der Waals surface area contributed by atoms with Gasteiger partial charge in [0.2, 0.25) is 0 Å². The zero-order valence-corrected chi connectivity index (χ0v) is 15.6. The number of aryl methyl sites for hydroxylation is 1. The Morgan fingerprint density at radius 2 is 1.78 bits per heavy atom. The second kappa shape index (κ2) is 7.54. The molecule has 4 rings (SSSR count). The van der Waals surface area contributed by atoms with Crippen molar-refractivity contribution in [3.05, 3.63) is 89.7 Å². The number of aromatic nitrogens is 2. The van der Waals surface area contributed by atoms with E-state index < -0.39 is 0 Å². The number of para-hydroxylation sites is 2. The number of nitrogens with one attached hydrogen (secondary N) is 2. The fourth-order valence-corrected chi connectivity index (χ4v) is 3.58. The Morgan fingerprint density at radius 3 is 2.59 bits per heavy atom. The molecule has 0 bridgehead atoms. The van der Waals surface area contributed by atoms with Crippen LogP contribution in [0.3, 0.4) is 0 Å². The fourth-order valence-electron chi connectivity index (χ4n) is 3.58. The Balaban J connectivity index is 1.90. The van der Waals surface area contributed by atoms with Gasteiger partial charge in [-0.2, -0.15) is 0 Å². The molecule has 0 aliphatic heterocycles. The third kappa shape index (κ3) is 3.38. The van der Waals surface area contributed by atoms with E-state index in [-0.39, 0.29) is 6.04 Å². The minimum Gasteiger partial charge on any atom is -0.494 e. The summed E-state index contributed by atoms with van der Waals surface area (Å²) < 4.78 is 5.94. The van der Waals surface area contributed by atoms with Crippen molar-refractivity contribution in [1.29, 1.82) is 0 Å². The van der Waals surface area contributed by atoms with Gasteiger partial charge < -0.3 is 15.0 Å². The number of hydrogen-bond donors (Lipinski definition) is 2. The molecule has 1 atom stereocenters. The van der Waals surface area contributed by atoms with Gasteiger partial charge in [0.05, 0.1) is 12.6 Å². The summed E-state index contributed by atoms with van der Waals surface area (Å²) in [6.45, 7) is 4.75. The quantitative estimate of drug-likeness (QED) is 0.481. The smallest absolute Gasteiger partial charge is 0.126 e. The van der Waals surface area contributed by atoms with Gasteiger partial charge in [-0.3, -0.25) is 0 Å². The normalized spacial score (nSPS) is 12.1. The van der Waals surface area contributed by atoms with Crippen molar-refractivity contribution in [2.75, 3.05) is 11.9 Å². The van der Waals surface area contributed by atoms with E-state index in [4.69, 9.17) is 4.74 Å². The van der Waals surface area contributed by atoms with Gasteiger partial charge in [-0.1, -0.05) is 42.5 Å². The summed E-state index contributed by atoms with van der Waals surface area (Å²) in [5.41, 5.74) is 4.57. The Morgan fingerprint density at radius 1 is 1.00 bits per heavy atom. The van der Waals surface area contributed by atoms with Crippen molar-refractivity contribution in [3.63, 3.8) is 0 Å². The monoisotopic (exact) mass is 357 g/mol. The molecule has 2 N–H and O–H groups in total. The molecule has 0 spiro atoms. The lowest BCUT2D eigenvalue weighted by molar-refractivity contribution is 0.336. The maximum atomic E-state index is 5.94. The Bertz CT molecular complexity index is 1040. The van der Waals surface area contributed by atoms with Crippen LogP contribution in [0.25, 0.3) is 10.9 Å². The lowest BCUT2D eigenvalue weighted by atomic mass is 9.95. The maximum Gasteiger partial charge on any atom is 0.126 e. The first kappa shape index (κ1) is 17.2. The van der Waals surface area contributed by atoms with Crippen LogP contribution >= 0.6 is 0 Å². The molecule has 0 saturated heterocycles. The molecule has 4 heteroatoms. The summed E-state index contributed by atoms with van der Waals surface area (Å²) in [5.74, 6) is 1.72. The number of aromatic amines is 1. The molecule has 0 aliphatic rings. The van der Waals surface area contributed by atoms with Crippen molar-refractivity contribution < 1.29 is 4.74 Å². The van der Waals surface area contributed by atoms with Crippen LogP contribution in [-0.2, 0) is 0 Å². The number of benzene rings is 2. The van der Waals surface area contributed by atoms with E-state index in [2.05, 4.69) is 58.6 Å². The van der Waals surface area contributed by atoms with Crippen LogP contribution in [0.1, 0.15) is 29.8 Å². The molecule has 1 unspecified atom stereocenters. The van der Waals surface area contributed by atoms with E-state index in [1.807, 2.05) is 37.3 Å². The molecule has 0 saturated carbocycles. The SMILES string of the molecule is CCOc1ccccc1C(Nc1ccccn1)c1c(C)[nH]c2ccccc12. The van der Waals surface area contributed by atoms with Crippen LogP contribution in [-0.4, -0.2) is 16.6 Å². The first-order valence-electron chi connectivity index (χ1n) is 9.24. The second-order valence-corrected chi connectivity index (χ2v) is 6.47. The molecule has 0 amide bonds. The summed E-state index contributed by atoms with van der Waals surface area (Å²) in [6, 6.07) is 22.4. The molecule has 4 aromatic rings. The number of H-pyrrole nitrogens is 1. The highest BCUT2D eigenvalue weighted by Crippen LogP contribution is 2.37. The number of hydrogen-bond acceptors (Lipinski definition) is 3. The van der Waals surface area contributed by atoms with Crippen molar-refractivity contribution in [2.24, 2.45) is 0 Å². The van der Waals surface area contributed by atoms with Crippen molar-refractivity contribution in [1.82, 2.24) is 9.97 Å². The molecule has 2 heterocycles. The van der Waals surface area contributed by atoms with Gasteiger partial charge in [0.15, 0.2) is 0 Å². The Hall–Kier alpha value is -3.27.